The Morgan fingerprint density at radius 1 is 1.24 bits per heavy atom. The van der Waals surface area contributed by atoms with Gasteiger partial charge in [0.2, 0.25) is 0 Å². The second-order valence-corrected chi connectivity index (χ2v) is 4.39. The molecule has 0 aliphatic carbocycles. The van der Waals surface area contributed by atoms with Crippen molar-refractivity contribution >= 4 is 0 Å². The zero-order valence-corrected chi connectivity index (χ0v) is 10.1. The lowest BCUT2D eigenvalue weighted by Crippen LogP contribution is -2.26. The minimum Gasteiger partial charge on any atom is -0.348 e. The lowest BCUT2D eigenvalue weighted by molar-refractivity contribution is -0.206. The molecule has 0 amide bonds. The van der Waals surface area contributed by atoms with Crippen LogP contribution in [0.15, 0.2) is 24.3 Å². The van der Waals surface area contributed by atoms with E-state index in [2.05, 4.69) is 13.0 Å². The van der Waals surface area contributed by atoms with E-state index >= 15 is 0 Å². The van der Waals surface area contributed by atoms with Crippen LogP contribution in [0, 0.1) is 17.2 Å². The van der Waals surface area contributed by atoms with Crippen LogP contribution in [-0.4, -0.2) is 13.2 Å². The topological polar surface area (TPSA) is 42.2 Å². The Labute approximate surface area is 102 Å². The fourth-order valence-corrected chi connectivity index (χ4v) is 2.03. The molecule has 0 spiro atoms. The van der Waals surface area contributed by atoms with Crippen LogP contribution >= 0.6 is 0 Å². The van der Waals surface area contributed by atoms with Crippen molar-refractivity contribution in [1.29, 1.82) is 5.26 Å². The van der Waals surface area contributed by atoms with E-state index in [1.54, 1.807) is 12.1 Å². The molecule has 0 aromatic heterocycles. The van der Waals surface area contributed by atoms with Crippen molar-refractivity contribution in [3.8, 4) is 6.07 Å². The van der Waals surface area contributed by atoms with Crippen LogP contribution < -0.4 is 0 Å². The molecular formula is C14H17NO2. The molecule has 1 aliphatic heterocycles. The van der Waals surface area contributed by atoms with E-state index in [1.807, 2.05) is 12.1 Å². The quantitative estimate of drug-likeness (QED) is 0.803. The summed E-state index contributed by atoms with van der Waals surface area (Å²) in [5, 5.41) is 8.72. The molecule has 3 nitrogen and oxygen atoms in total. The molecule has 0 radical (unpaired) electrons. The second-order valence-electron chi connectivity index (χ2n) is 4.39. The van der Waals surface area contributed by atoms with Gasteiger partial charge in [-0.2, -0.15) is 5.26 Å². The number of benzene rings is 1. The number of ether oxygens (including phenoxy) is 2. The maximum absolute atomic E-state index is 8.72. The number of hydrogen-bond donors (Lipinski definition) is 0. The highest BCUT2D eigenvalue weighted by Gasteiger charge is 2.22. The Hall–Kier alpha value is -1.37. The largest absolute Gasteiger partial charge is 0.348 e. The molecule has 90 valence electrons. The monoisotopic (exact) mass is 231 g/mol. The van der Waals surface area contributed by atoms with Gasteiger partial charge in [-0.1, -0.05) is 25.5 Å². The van der Waals surface area contributed by atoms with E-state index in [-0.39, 0.29) is 6.29 Å². The Bertz CT molecular complexity index is 386. The average molecular weight is 231 g/mol. The van der Waals surface area contributed by atoms with Crippen molar-refractivity contribution in [3.63, 3.8) is 0 Å². The Kier molecular flexibility index (Phi) is 4.13. The first-order valence-electron chi connectivity index (χ1n) is 6.06. The molecule has 17 heavy (non-hydrogen) atoms. The predicted octanol–water partition coefficient (Wildman–Crippen LogP) is 3.02. The van der Waals surface area contributed by atoms with Crippen LogP contribution in [0.5, 0.6) is 0 Å². The third kappa shape index (κ3) is 3.06. The van der Waals surface area contributed by atoms with E-state index < -0.39 is 0 Å². The van der Waals surface area contributed by atoms with E-state index in [0.29, 0.717) is 11.5 Å². The summed E-state index contributed by atoms with van der Waals surface area (Å²) in [7, 11) is 0. The minimum atomic E-state index is -0.268. The molecule has 0 N–H and O–H groups in total. The Morgan fingerprint density at radius 3 is 2.41 bits per heavy atom. The molecule has 0 unspecified atom stereocenters. The first-order chi connectivity index (χ1) is 8.33. The zero-order valence-electron chi connectivity index (χ0n) is 10.1. The Balaban J connectivity index is 1.94. The number of hydrogen-bond acceptors (Lipinski definition) is 3. The number of nitrogens with zero attached hydrogens (tertiary/aromatic N) is 1. The van der Waals surface area contributed by atoms with Gasteiger partial charge in [0.25, 0.3) is 0 Å². The summed E-state index contributed by atoms with van der Waals surface area (Å²) in [6.45, 7) is 3.70. The molecule has 0 atom stereocenters. The van der Waals surface area contributed by atoms with Crippen LogP contribution in [0.2, 0.25) is 0 Å². The maximum Gasteiger partial charge on any atom is 0.183 e. The minimum absolute atomic E-state index is 0.268. The predicted molar refractivity (Wildman–Crippen MR) is 64.2 cm³/mol. The summed E-state index contributed by atoms with van der Waals surface area (Å²) < 4.78 is 11.4. The smallest absolute Gasteiger partial charge is 0.183 e. The summed E-state index contributed by atoms with van der Waals surface area (Å²) in [5.74, 6) is 0.523. The summed E-state index contributed by atoms with van der Waals surface area (Å²) in [6, 6.07) is 9.47. The van der Waals surface area contributed by atoms with Gasteiger partial charge < -0.3 is 9.47 Å². The van der Waals surface area contributed by atoms with Crippen molar-refractivity contribution < 1.29 is 9.47 Å². The molecule has 3 heteroatoms. The third-order valence-corrected chi connectivity index (χ3v) is 2.98. The van der Waals surface area contributed by atoms with E-state index in [1.165, 1.54) is 6.42 Å². The van der Waals surface area contributed by atoms with Gasteiger partial charge >= 0.3 is 0 Å². The maximum atomic E-state index is 8.72. The van der Waals surface area contributed by atoms with Gasteiger partial charge in [-0.05, 0) is 18.6 Å². The Morgan fingerprint density at radius 2 is 1.88 bits per heavy atom. The second kappa shape index (κ2) is 5.81. The van der Waals surface area contributed by atoms with Crippen LogP contribution in [0.4, 0.5) is 0 Å². The van der Waals surface area contributed by atoms with Crippen molar-refractivity contribution in [1.82, 2.24) is 0 Å². The summed E-state index contributed by atoms with van der Waals surface area (Å²) in [4.78, 5) is 0. The highest BCUT2D eigenvalue weighted by Crippen LogP contribution is 2.26. The van der Waals surface area contributed by atoms with Crippen molar-refractivity contribution in [2.75, 3.05) is 13.2 Å². The van der Waals surface area contributed by atoms with Crippen LogP contribution in [-0.2, 0) is 9.47 Å². The lowest BCUT2D eigenvalue weighted by Gasteiger charge is -2.29. The van der Waals surface area contributed by atoms with E-state index in [0.717, 1.165) is 25.2 Å². The van der Waals surface area contributed by atoms with Gasteiger partial charge in [0, 0.05) is 11.5 Å². The molecule has 2 rings (SSSR count). The number of nitriles is 1. The standard InChI is InChI=1S/C14H17NO2/c1-2-3-12-9-16-14(17-10-12)13-6-4-11(8-15)5-7-13/h4-7,12,14H,2-3,9-10H2,1H3. The molecule has 1 aliphatic rings. The normalized spacial score (nSPS) is 24.2. The van der Waals surface area contributed by atoms with Crippen LogP contribution in [0.1, 0.15) is 37.2 Å². The molecule has 1 saturated heterocycles. The SMILES string of the molecule is CCCC1COC(c2ccc(C#N)cc2)OC1. The van der Waals surface area contributed by atoms with Gasteiger partial charge in [0.05, 0.1) is 24.8 Å². The van der Waals surface area contributed by atoms with Crippen LogP contribution in [0.3, 0.4) is 0 Å². The molecule has 1 fully saturated rings. The zero-order chi connectivity index (χ0) is 12.1. The van der Waals surface area contributed by atoms with Gasteiger partial charge in [-0.25, -0.2) is 0 Å². The number of rotatable bonds is 3. The molecule has 1 heterocycles. The average Bonchev–Trinajstić information content (AvgIpc) is 2.40. The van der Waals surface area contributed by atoms with E-state index in [4.69, 9.17) is 14.7 Å². The van der Waals surface area contributed by atoms with Crippen molar-refractivity contribution in [3.05, 3.63) is 35.4 Å². The van der Waals surface area contributed by atoms with Gasteiger partial charge in [0.15, 0.2) is 6.29 Å². The molecule has 0 bridgehead atoms. The van der Waals surface area contributed by atoms with E-state index in [9.17, 15) is 0 Å². The fraction of sp³-hybridized carbons (Fsp3) is 0.500. The van der Waals surface area contributed by atoms with Crippen molar-refractivity contribution in [2.24, 2.45) is 5.92 Å². The lowest BCUT2D eigenvalue weighted by atomic mass is 10.0. The van der Waals surface area contributed by atoms with Crippen LogP contribution in [0.25, 0.3) is 0 Å². The summed E-state index contributed by atoms with van der Waals surface area (Å²) in [5.41, 5.74) is 1.65. The summed E-state index contributed by atoms with van der Waals surface area (Å²) >= 11 is 0. The molecule has 1 aromatic rings. The summed E-state index contributed by atoms with van der Waals surface area (Å²) in [6.07, 6.45) is 2.05. The van der Waals surface area contributed by atoms with Gasteiger partial charge in [-0.15, -0.1) is 0 Å². The fourth-order valence-electron chi connectivity index (χ4n) is 2.03. The van der Waals surface area contributed by atoms with Gasteiger partial charge in [0.1, 0.15) is 0 Å². The molecular weight excluding hydrogens is 214 g/mol. The molecule has 1 aromatic carbocycles. The first-order valence-corrected chi connectivity index (χ1v) is 6.06. The highest BCUT2D eigenvalue weighted by molar-refractivity contribution is 5.32. The first kappa shape index (κ1) is 12.1. The van der Waals surface area contributed by atoms with Crippen molar-refractivity contribution in [2.45, 2.75) is 26.1 Å². The highest BCUT2D eigenvalue weighted by atomic mass is 16.7. The third-order valence-electron chi connectivity index (χ3n) is 2.98. The molecule has 0 saturated carbocycles. The van der Waals surface area contributed by atoms with Gasteiger partial charge in [-0.3, -0.25) is 0 Å².